The highest BCUT2D eigenvalue weighted by Gasteiger charge is 2.44. The van der Waals surface area contributed by atoms with E-state index >= 15 is 0 Å². The molecule has 1 amide bonds. The summed E-state index contributed by atoms with van der Waals surface area (Å²) in [6.07, 6.45) is 0.0104. The average molecular weight is 401 g/mol. The van der Waals surface area contributed by atoms with Crippen LogP contribution in [-0.4, -0.2) is 48.1 Å². The molecule has 0 fully saturated rings. The first-order valence-electron chi connectivity index (χ1n) is 9.02. The van der Waals surface area contributed by atoms with Crippen LogP contribution in [0, 0.1) is 0 Å². The minimum absolute atomic E-state index is 0.0104. The first-order valence-corrected chi connectivity index (χ1v) is 9.90. The summed E-state index contributed by atoms with van der Waals surface area (Å²) >= 11 is 1.27. The lowest BCUT2D eigenvalue weighted by atomic mass is 9.94. The second kappa shape index (κ2) is 8.58. The van der Waals surface area contributed by atoms with Crippen LogP contribution in [0.1, 0.15) is 35.1 Å². The van der Waals surface area contributed by atoms with E-state index in [0.717, 1.165) is 0 Å². The van der Waals surface area contributed by atoms with Crippen molar-refractivity contribution < 1.29 is 24.2 Å². The molecule has 1 aliphatic rings. The molecule has 1 atom stereocenters. The van der Waals surface area contributed by atoms with E-state index < -0.39 is 17.7 Å². The number of para-hydroxylation sites is 1. The number of carbonyl (C=O) groups excluding carboxylic acids is 2. The molecule has 0 saturated heterocycles. The van der Waals surface area contributed by atoms with Crippen LogP contribution in [0.5, 0.6) is 5.75 Å². The zero-order valence-corrected chi connectivity index (χ0v) is 16.9. The Kier molecular flexibility index (Phi) is 6.16. The van der Waals surface area contributed by atoms with Crippen LogP contribution in [0.25, 0.3) is 0 Å². The summed E-state index contributed by atoms with van der Waals surface area (Å²) in [5, 5.41) is 12.4. The smallest absolute Gasteiger partial charge is 0.290 e. The molecule has 0 spiro atoms. The molecule has 2 aromatic rings. The Bertz CT molecular complexity index is 888. The Hall–Kier alpha value is -2.64. The molecule has 1 aromatic carbocycles. The van der Waals surface area contributed by atoms with Gasteiger partial charge in [0.25, 0.3) is 5.91 Å². The fraction of sp³-hybridized carbons (Fsp3) is 0.333. The van der Waals surface area contributed by atoms with Gasteiger partial charge in [-0.05, 0) is 31.4 Å². The molecule has 0 radical (unpaired) electrons. The van der Waals surface area contributed by atoms with Gasteiger partial charge in [0.2, 0.25) is 5.78 Å². The summed E-state index contributed by atoms with van der Waals surface area (Å²) in [4.78, 5) is 27.9. The maximum absolute atomic E-state index is 13.1. The molecular weight excluding hydrogens is 378 g/mol. The van der Waals surface area contributed by atoms with Crippen molar-refractivity contribution in [2.75, 3.05) is 20.3 Å². The number of rotatable bonds is 8. The number of hydrogen-bond acceptors (Lipinski definition) is 6. The highest BCUT2D eigenvalue weighted by atomic mass is 32.1. The number of Topliss-reactive ketones (excluding diaryl/α,β-unsaturated/α-hetero) is 1. The standard InChI is InChI=1S/C21H23NO5S/c1-13(2)27-11-10-22-18(14-7-4-5-8-15(14)26-3)17(20(24)21(22)25)19(23)16-9-6-12-28-16/h4-9,12-13,18,24H,10-11H2,1-3H3. The summed E-state index contributed by atoms with van der Waals surface area (Å²) in [7, 11) is 1.53. The van der Waals surface area contributed by atoms with Crippen LogP contribution >= 0.6 is 11.3 Å². The lowest BCUT2D eigenvalue weighted by molar-refractivity contribution is -0.130. The predicted molar refractivity (Wildman–Crippen MR) is 107 cm³/mol. The number of ether oxygens (including phenoxy) is 2. The van der Waals surface area contributed by atoms with Crippen molar-refractivity contribution >= 4 is 23.0 Å². The van der Waals surface area contributed by atoms with Gasteiger partial charge in [0.05, 0.1) is 36.3 Å². The number of hydrogen-bond donors (Lipinski definition) is 1. The molecule has 28 heavy (non-hydrogen) atoms. The number of benzene rings is 1. The molecule has 7 heteroatoms. The minimum Gasteiger partial charge on any atom is -0.503 e. The zero-order chi connectivity index (χ0) is 20.3. The van der Waals surface area contributed by atoms with Crippen LogP contribution in [0.4, 0.5) is 0 Å². The number of nitrogens with zero attached hydrogens (tertiary/aromatic N) is 1. The van der Waals surface area contributed by atoms with Gasteiger partial charge in [-0.15, -0.1) is 11.3 Å². The number of amides is 1. The van der Waals surface area contributed by atoms with E-state index in [4.69, 9.17) is 9.47 Å². The summed E-state index contributed by atoms with van der Waals surface area (Å²) in [6.45, 7) is 4.35. The maximum atomic E-state index is 13.1. The van der Waals surface area contributed by atoms with Crippen molar-refractivity contribution in [2.24, 2.45) is 0 Å². The third-order valence-corrected chi connectivity index (χ3v) is 5.38. The quantitative estimate of drug-likeness (QED) is 0.682. The van der Waals surface area contributed by atoms with Gasteiger partial charge in [-0.25, -0.2) is 0 Å². The fourth-order valence-corrected chi connectivity index (χ4v) is 3.94. The van der Waals surface area contributed by atoms with Crippen molar-refractivity contribution in [3.8, 4) is 5.75 Å². The molecule has 1 unspecified atom stereocenters. The summed E-state index contributed by atoms with van der Waals surface area (Å²) in [5.74, 6) is -0.910. The van der Waals surface area contributed by atoms with Gasteiger partial charge >= 0.3 is 0 Å². The molecule has 0 bridgehead atoms. The van der Waals surface area contributed by atoms with Gasteiger partial charge in [-0.3, -0.25) is 9.59 Å². The Labute approximate surface area is 168 Å². The van der Waals surface area contributed by atoms with E-state index in [1.165, 1.54) is 23.3 Å². The average Bonchev–Trinajstić information content (AvgIpc) is 3.30. The molecule has 1 aliphatic heterocycles. The van der Waals surface area contributed by atoms with Crippen molar-refractivity contribution in [3.05, 3.63) is 63.6 Å². The molecule has 1 N–H and O–H groups in total. The van der Waals surface area contributed by atoms with Crippen LogP contribution in [0.15, 0.2) is 53.1 Å². The zero-order valence-electron chi connectivity index (χ0n) is 16.0. The molecule has 2 heterocycles. The van der Waals surface area contributed by atoms with Crippen molar-refractivity contribution in [1.82, 2.24) is 4.90 Å². The third kappa shape index (κ3) is 3.81. The third-order valence-electron chi connectivity index (χ3n) is 4.51. The van der Waals surface area contributed by atoms with Crippen LogP contribution in [0.2, 0.25) is 0 Å². The van der Waals surface area contributed by atoms with Gasteiger partial charge in [0.1, 0.15) is 5.75 Å². The van der Waals surface area contributed by atoms with E-state index in [0.29, 0.717) is 22.8 Å². The number of carbonyl (C=O) groups is 2. The van der Waals surface area contributed by atoms with Crippen LogP contribution < -0.4 is 4.74 Å². The highest BCUT2D eigenvalue weighted by Crippen LogP contribution is 2.42. The largest absolute Gasteiger partial charge is 0.503 e. The minimum atomic E-state index is -0.742. The molecule has 6 nitrogen and oxygen atoms in total. The summed E-state index contributed by atoms with van der Waals surface area (Å²) in [5.41, 5.74) is 0.716. The molecule has 3 rings (SSSR count). The number of thiophene rings is 1. The number of aliphatic hydroxyl groups excluding tert-OH is 1. The first-order chi connectivity index (χ1) is 13.5. The Morgan fingerprint density at radius 1 is 1.25 bits per heavy atom. The van der Waals surface area contributed by atoms with Crippen LogP contribution in [-0.2, 0) is 9.53 Å². The predicted octanol–water partition coefficient (Wildman–Crippen LogP) is 3.76. The van der Waals surface area contributed by atoms with Gasteiger partial charge in [0, 0.05) is 12.1 Å². The van der Waals surface area contributed by atoms with Crippen molar-refractivity contribution in [1.29, 1.82) is 0 Å². The van der Waals surface area contributed by atoms with Gasteiger partial charge in [0.15, 0.2) is 5.76 Å². The Morgan fingerprint density at radius 2 is 2.00 bits per heavy atom. The number of ketones is 1. The van der Waals surface area contributed by atoms with Crippen molar-refractivity contribution in [2.45, 2.75) is 26.0 Å². The van der Waals surface area contributed by atoms with E-state index in [1.807, 2.05) is 26.0 Å². The number of methoxy groups -OCH3 is 1. The monoisotopic (exact) mass is 401 g/mol. The second-order valence-electron chi connectivity index (χ2n) is 6.63. The van der Waals surface area contributed by atoms with E-state index in [9.17, 15) is 14.7 Å². The van der Waals surface area contributed by atoms with Gasteiger partial charge in [-0.1, -0.05) is 24.3 Å². The molecule has 148 valence electrons. The van der Waals surface area contributed by atoms with Crippen LogP contribution in [0.3, 0.4) is 0 Å². The SMILES string of the molecule is COc1ccccc1C1C(C(=O)c2cccs2)=C(O)C(=O)N1CCOC(C)C. The first kappa shape index (κ1) is 20.1. The maximum Gasteiger partial charge on any atom is 0.290 e. The fourth-order valence-electron chi connectivity index (χ4n) is 3.26. The van der Waals surface area contributed by atoms with E-state index in [2.05, 4.69) is 0 Å². The molecular formula is C21H23NO5S. The highest BCUT2D eigenvalue weighted by molar-refractivity contribution is 7.12. The van der Waals surface area contributed by atoms with Gasteiger partial charge in [-0.2, -0.15) is 0 Å². The Balaban J connectivity index is 2.05. The summed E-state index contributed by atoms with van der Waals surface area (Å²) < 4.78 is 11.0. The van der Waals surface area contributed by atoms with Crippen molar-refractivity contribution in [3.63, 3.8) is 0 Å². The van der Waals surface area contributed by atoms with E-state index in [-0.39, 0.29) is 24.0 Å². The van der Waals surface area contributed by atoms with Gasteiger partial charge < -0.3 is 19.5 Å². The molecule has 0 aliphatic carbocycles. The second-order valence-corrected chi connectivity index (χ2v) is 7.58. The van der Waals surface area contributed by atoms with E-state index in [1.54, 1.807) is 29.6 Å². The lowest BCUT2D eigenvalue weighted by Gasteiger charge is -2.28. The summed E-state index contributed by atoms with van der Waals surface area (Å²) in [6, 6.07) is 9.90. The normalized spacial score (nSPS) is 16.9. The molecule has 0 saturated carbocycles. The topological polar surface area (TPSA) is 76.1 Å². The Morgan fingerprint density at radius 3 is 2.64 bits per heavy atom. The lowest BCUT2D eigenvalue weighted by Crippen LogP contribution is -2.34. The molecule has 1 aromatic heterocycles. The number of aliphatic hydroxyl groups is 1.